The van der Waals surface area contributed by atoms with Crippen LogP contribution in [0.5, 0.6) is 5.75 Å². The molecule has 0 aromatic heterocycles. The molecule has 100 valence electrons. The van der Waals surface area contributed by atoms with E-state index in [0.717, 1.165) is 0 Å². The summed E-state index contributed by atoms with van der Waals surface area (Å²) in [6, 6.07) is 3.80. The number of thiol groups is 1. The van der Waals surface area contributed by atoms with Gasteiger partial charge in [0.25, 0.3) is 0 Å². The monoisotopic (exact) mass is 291 g/mol. The second-order valence-electron chi connectivity index (χ2n) is 3.46. The highest BCUT2D eigenvalue weighted by Gasteiger charge is 2.33. The van der Waals surface area contributed by atoms with Crippen molar-refractivity contribution >= 4 is 34.1 Å². The zero-order valence-corrected chi connectivity index (χ0v) is 11.2. The van der Waals surface area contributed by atoms with Crippen LogP contribution in [0.15, 0.2) is 23.1 Å². The Labute approximate surface area is 110 Å². The van der Waals surface area contributed by atoms with Crippen molar-refractivity contribution in [3.8, 4) is 5.75 Å². The smallest absolute Gasteiger partial charge is 0.323 e. The van der Waals surface area contributed by atoms with Crippen molar-refractivity contribution in [2.24, 2.45) is 0 Å². The Morgan fingerprint density at radius 1 is 1.56 bits per heavy atom. The molecule has 3 N–H and O–H groups in total. The van der Waals surface area contributed by atoms with Gasteiger partial charge in [-0.3, -0.25) is 4.79 Å². The number of sulfone groups is 1. The summed E-state index contributed by atoms with van der Waals surface area (Å²) in [5, 5.41) is 7.25. The van der Waals surface area contributed by atoms with Crippen LogP contribution in [0.3, 0.4) is 0 Å². The molecule has 0 aliphatic heterocycles. The molecule has 1 rings (SSSR count). The van der Waals surface area contributed by atoms with Crippen LogP contribution < -0.4 is 10.5 Å². The summed E-state index contributed by atoms with van der Waals surface area (Å²) < 4.78 is 29.0. The second-order valence-corrected chi connectivity index (χ2v) is 5.95. The number of carboxylic acids is 1. The lowest BCUT2D eigenvalue weighted by Gasteiger charge is -2.12. The lowest BCUT2D eigenvalue weighted by molar-refractivity contribution is -0.136. The predicted octanol–water partition coefficient (Wildman–Crippen LogP) is 0.434. The van der Waals surface area contributed by atoms with Crippen LogP contribution in [0.1, 0.15) is 0 Å². The summed E-state index contributed by atoms with van der Waals surface area (Å²) in [6.07, 6.45) is 0. The van der Waals surface area contributed by atoms with Gasteiger partial charge in [-0.15, -0.1) is 0 Å². The molecule has 1 aromatic rings. The summed E-state index contributed by atoms with van der Waals surface area (Å²) in [5.41, 5.74) is 5.72. The van der Waals surface area contributed by atoms with Crippen LogP contribution >= 0.6 is 12.6 Å². The molecule has 0 fully saturated rings. The molecule has 0 bridgehead atoms. The van der Waals surface area contributed by atoms with E-state index in [4.69, 9.17) is 15.6 Å². The minimum Gasteiger partial charge on any atom is -0.495 e. The SMILES string of the molecule is COc1ccc(S(=O)(=O)C(CS)C(=O)O)cc1N. The van der Waals surface area contributed by atoms with Crippen molar-refractivity contribution in [3.63, 3.8) is 0 Å². The van der Waals surface area contributed by atoms with Crippen molar-refractivity contribution in [1.29, 1.82) is 0 Å². The molecule has 0 amide bonds. The molecule has 18 heavy (non-hydrogen) atoms. The Morgan fingerprint density at radius 2 is 2.17 bits per heavy atom. The third-order valence-electron chi connectivity index (χ3n) is 2.35. The minimum absolute atomic E-state index is 0.127. The van der Waals surface area contributed by atoms with E-state index in [1.807, 2.05) is 0 Å². The van der Waals surface area contributed by atoms with Crippen LogP contribution in [-0.2, 0) is 14.6 Å². The Hall–Kier alpha value is -1.41. The van der Waals surface area contributed by atoms with Crippen molar-refractivity contribution in [1.82, 2.24) is 0 Å². The molecule has 0 saturated heterocycles. The van der Waals surface area contributed by atoms with Gasteiger partial charge in [0.15, 0.2) is 15.1 Å². The van der Waals surface area contributed by atoms with Gasteiger partial charge in [0.1, 0.15) is 5.75 Å². The molecule has 1 aromatic carbocycles. The number of carboxylic acid groups (broad SMARTS) is 1. The minimum atomic E-state index is -4.01. The standard InChI is InChI=1S/C10H13NO5S2/c1-16-8-3-2-6(4-7(8)11)18(14,15)9(5-17)10(12)13/h2-4,9,17H,5,11H2,1H3,(H,12,13). The van der Waals surface area contributed by atoms with Crippen LogP contribution in [0, 0.1) is 0 Å². The molecule has 0 aliphatic carbocycles. The maximum atomic E-state index is 12.0. The van der Waals surface area contributed by atoms with E-state index in [1.54, 1.807) is 0 Å². The quantitative estimate of drug-likeness (QED) is 0.536. The van der Waals surface area contributed by atoms with Gasteiger partial charge in [-0.2, -0.15) is 12.6 Å². The first-order chi connectivity index (χ1) is 8.34. The Balaban J connectivity index is 3.28. The first kappa shape index (κ1) is 14.7. The fourth-order valence-corrected chi connectivity index (χ4v) is 3.45. The zero-order valence-electron chi connectivity index (χ0n) is 9.53. The largest absolute Gasteiger partial charge is 0.495 e. The number of benzene rings is 1. The fourth-order valence-electron chi connectivity index (χ4n) is 1.36. The number of methoxy groups -OCH3 is 1. The van der Waals surface area contributed by atoms with Crippen LogP contribution in [0.4, 0.5) is 5.69 Å². The number of hydrogen-bond donors (Lipinski definition) is 3. The van der Waals surface area contributed by atoms with Crippen LogP contribution in [-0.4, -0.2) is 37.6 Å². The lowest BCUT2D eigenvalue weighted by Crippen LogP contribution is -2.31. The van der Waals surface area contributed by atoms with E-state index in [-0.39, 0.29) is 16.3 Å². The van der Waals surface area contributed by atoms with Gasteiger partial charge in [-0.05, 0) is 18.2 Å². The molecule has 0 spiro atoms. The molecule has 6 nitrogen and oxygen atoms in total. The Kier molecular flexibility index (Phi) is 4.47. The van der Waals surface area contributed by atoms with Crippen LogP contribution in [0.25, 0.3) is 0 Å². The van der Waals surface area contributed by atoms with Crippen molar-refractivity contribution in [3.05, 3.63) is 18.2 Å². The fraction of sp³-hybridized carbons (Fsp3) is 0.300. The second kappa shape index (κ2) is 5.49. The average molecular weight is 291 g/mol. The van der Waals surface area contributed by atoms with Crippen LogP contribution in [0.2, 0.25) is 0 Å². The third-order valence-corrected chi connectivity index (χ3v) is 4.99. The molecule has 8 heteroatoms. The summed E-state index contributed by atoms with van der Waals surface area (Å²) in [4.78, 5) is 10.7. The topological polar surface area (TPSA) is 107 Å². The summed E-state index contributed by atoms with van der Waals surface area (Å²) in [6.45, 7) is 0. The highest BCUT2D eigenvalue weighted by Crippen LogP contribution is 2.26. The molecule has 0 heterocycles. The van der Waals surface area contributed by atoms with Gasteiger partial charge in [-0.25, -0.2) is 8.42 Å². The molecular weight excluding hydrogens is 278 g/mol. The lowest BCUT2D eigenvalue weighted by atomic mass is 10.3. The third kappa shape index (κ3) is 2.70. The normalized spacial score (nSPS) is 13.0. The number of hydrogen-bond acceptors (Lipinski definition) is 6. The molecule has 1 atom stereocenters. The van der Waals surface area contributed by atoms with Gasteiger partial charge < -0.3 is 15.6 Å². The van der Waals surface area contributed by atoms with E-state index in [0.29, 0.717) is 5.75 Å². The van der Waals surface area contributed by atoms with E-state index in [9.17, 15) is 13.2 Å². The first-order valence-electron chi connectivity index (χ1n) is 4.85. The average Bonchev–Trinajstić information content (AvgIpc) is 2.28. The molecule has 0 aliphatic rings. The number of nitrogens with two attached hydrogens (primary N) is 1. The molecule has 0 radical (unpaired) electrons. The highest BCUT2D eigenvalue weighted by atomic mass is 32.2. The van der Waals surface area contributed by atoms with E-state index >= 15 is 0 Å². The molecular formula is C10H13NO5S2. The van der Waals surface area contributed by atoms with Crippen molar-refractivity contribution in [2.45, 2.75) is 10.1 Å². The van der Waals surface area contributed by atoms with Crippen molar-refractivity contribution in [2.75, 3.05) is 18.6 Å². The van der Waals surface area contributed by atoms with Gasteiger partial charge in [-0.1, -0.05) is 0 Å². The number of ether oxygens (including phenoxy) is 1. The van der Waals surface area contributed by atoms with Gasteiger partial charge in [0.2, 0.25) is 0 Å². The van der Waals surface area contributed by atoms with Crippen molar-refractivity contribution < 1.29 is 23.1 Å². The summed E-state index contributed by atoms with van der Waals surface area (Å²) in [5.74, 6) is -1.44. The number of nitrogen functional groups attached to an aromatic ring is 1. The van der Waals surface area contributed by atoms with Gasteiger partial charge in [0.05, 0.1) is 17.7 Å². The number of rotatable bonds is 5. The summed E-state index contributed by atoms with van der Waals surface area (Å²) >= 11 is 3.75. The number of carbonyl (C=O) groups is 1. The zero-order chi connectivity index (χ0) is 13.9. The Bertz CT molecular complexity index is 555. The molecule has 1 unspecified atom stereocenters. The number of anilines is 1. The van der Waals surface area contributed by atoms with Gasteiger partial charge in [0, 0.05) is 5.75 Å². The maximum Gasteiger partial charge on any atom is 0.323 e. The first-order valence-corrected chi connectivity index (χ1v) is 7.03. The maximum absolute atomic E-state index is 12.0. The van der Waals surface area contributed by atoms with E-state index in [1.165, 1.54) is 25.3 Å². The number of aliphatic carboxylic acids is 1. The Morgan fingerprint density at radius 3 is 2.56 bits per heavy atom. The van der Waals surface area contributed by atoms with E-state index in [2.05, 4.69) is 12.6 Å². The highest BCUT2D eigenvalue weighted by molar-refractivity contribution is 7.94. The van der Waals surface area contributed by atoms with E-state index < -0.39 is 21.1 Å². The predicted molar refractivity (Wildman–Crippen MR) is 69.9 cm³/mol. The van der Waals surface area contributed by atoms with Gasteiger partial charge >= 0.3 is 5.97 Å². The molecule has 0 saturated carbocycles. The summed E-state index contributed by atoms with van der Waals surface area (Å²) in [7, 11) is -2.61.